The fraction of sp³-hybridized carbons (Fsp3) is 0.200. The van der Waals surface area contributed by atoms with Gasteiger partial charge < -0.3 is 4.74 Å². The van der Waals surface area contributed by atoms with Gasteiger partial charge in [-0.2, -0.15) is 18.4 Å². The quantitative estimate of drug-likeness (QED) is 0.814. The molecule has 1 aromatic rings. The second-order valence-electron chi connectivity index (χ2n) is 3.23. The van der Waals surface area contributed by atoms with Crippen molar-refractivity contribution in [3.63, 3.8) is 0 Å². The van der Waals surface area contributed by atoms with Gasteiger partial charge in [0.25, 0.3) is 0 Å². The Morgan fingerprint density at radius 3 is 2.50 bits per heavy atom. The minimum atomic E-state index is -3.95. The van der Waals surface area contributed by atoms with Crippen LogP contribution in [0.3, 0.4) is 0 Å². The maximum Gasteiger partial charge on any atom is 0.421 e. The zero-order chi connectivity index (χ0) is 13.6. The van der Waals surface area contributed by atoms with Gasteiger partial charge in [-0.1, -0.05) is 12.1 Å². The smallest absolute Gasteiger partial charge is 0.421 e. The highest BCUT2D eigenvalue weighted by Crippen LogP contribution is 2.03. The normalized spacial score (nSPS) is 10.4. The summed E-state index contributed by atoms with van der Waals surface area (Å²) >= 11 is 0. The van der Waals surface area contributed by atoms with E-state index in [-0.39, 0.29) is 6.54 Å². The van der Waals surface area contributed by atoms with E-state index >= 15 is 0 Å². The number of carbonyl (C=O) groups excluding carboxylic acids is 1. The number of ether oxygens (including phenoxy) is 1. The fourth-order valence-corrected chi connectivity index (χ4v) is 1.79. The van der Waals surface area contributed by atoms with Crippen molar-refractivity contribution in [3.05, 3.63) is 35.4 Å². The van der Waals surface area contributed by atoms with Crippen LogP contribution in [-0.2, 0) is 21.5 Å². The van der Waals surface area contributed by atoms with Crippen LogP contribution >= 0.6 is 0 Å². The van der Waals surface area contributed by atoms with E-state index in [2.05, 4.69) is 9.46 Å². The molecule has 0 saturated heterocycles. The Morgan fingerprint density at radius 2 is 2.00 bits per heavy atom. The second-order valence-corrected chi connectivity index (χ2v) is 4.73. The molecule has 0 radical (unpaired) electrons. The summed E-state index contributed by atoms with van der Waals surface area (Å²) in [5.74, 6) is 0. The third kappa shape index (κ3) is 4.40. The number of methoxy groups -OCH3 is 1. The first-order valence-electron chi connectivity index (χ1n) is 4.81. The third-order valence-electron chi connectivity index (χ3n) is 1.95. The van der Waals surface area contributed by atoms with E-state index in [1.54, 1.807) is 29.0 Å². The summed E-state index contributed by atoms with van der Waals surface area (Å²) in [7, 11) is -2.89. The van der Waals surface area contributed by atoms with Crippen molar-refractivity contribution in [3.8, 4) is 6.07 Å². The van der Waals surface area contributed by atoms with Crippen LogP contribution in [0.4, 0.5) is 4.79 Å². The van der Waals surface area contributed by atoms with Gasteiger partial charge in [0.2, 0.25) is 0 Å². The number of benzene rings is 1. The molecule has 0 fully saturated rings. The fourth-order valence-electron chi connectivity index (χ4n) is 1.06. The molecule has 18 heavy (non-hydrogen) atoms. The molecule has 0 aliphatic rings. The van der Waals surface area contributed by atoms with E-state index < -0.39 is 16.3 Å². The Hall–Kier alpha value is -2.11. The Morgan fingerprint density at radius 1 is 1.39 bits per heavy atom. The molecule has 96 valence electrons. The molecule has 7 nitrogen and oxygen atoms in total. The van der Waals surface area contributed by atoms with Gasteiger partial charge in [0.15, 0.2) is 0 Å². The zero-order valence-corrected chi connectivity index (χ0v) is 10.3. The summed E-state index contributed by atoms with van der Waals surface area (Å²) in [5, 5.41) is 8.59. The predicted octanol–water partition coefficient (Wildman–Crippen LogP) is 0.249. The van der Waals surface area contributed by atoms with Crippen LogP contribution in [0.15, 0.2) is 24.3 Å². The van der Waals surface area contributed by atoms with E-state index in [0.29, 0.717) is 11.1 Å². The standard InChI is InChI=1S/C10H11N3O4S/c1-17-10(14)13-18(15,16)12-7-9-4-2-8(6-11)3-5-9/h2-5,12H,7H2,1H3,(H,13,14). The van der Waals surface area contributed by atoms with E-state index in [1.807, 2.05) is 6.07 Å². The zero-order valence-electron chi connectivity index (χ0n) is 9.50. The minimum absolute atomic E-state index is 0.00195. The van der Waals surface area contributed by atoms with Gasteiger partial charge in [0.05, 0.1) is 18.7 Å². The number of nitrogens with one attached hydrogen (secondary N) is 2. The van der Waals surface area contributed by atoms with Gasteiger partial charge in [-0.15, -0.1) is 0 Å². The molecule has 0 aromatic heterocycles. The van der Waals surface area contributed by atoms with Crippen LogP contribution in [0.25, 0.3) is 0 Å². The molecular weight excluding hydrogens is 258 g/mol. The highest BCUT2D eigenvalue weighted by Gasteiger charge is 2.13. The number of carbonyl (C=O) groups is 1. The van der Waals surface area contributed by atoms with Crippen molar-refractivity contribution in [2.75, 3.05) is 7.11 Å². The van der Waals surface area contributed by atoms with Crippen LogP contribution in [0.5, 0.6) is 0 Å². The molecule has 0 aliphatic heterocycles. The summed E-state index contributed by atoms with van der Waals surface area (Å²) in [5.41, 5.74) is 1.14. The molecule has 1 rings (SSSR count). The summed E-state index contributed by atoms with van der Waals surface area (Å²) in [6.07, 6.45) is -1.07. The van der Waals surface area contributed by atoms with Crippen LogP contribution in [0.2, 0.25) is 0 Å². The van der Waals surface area contributed by atoms with Gasteiger partial charge >= 0.3 is 16.3 Å². The van der Waals surface area contributed by atoms with Crippen molar-refractivity contribution >= 4 is 16.3 Å². The molecule has 8 heteroatoms. The van der Waals surface area contributed by atoms with E-state index in [9.17, 15) is 13.2 Å². The Balaban J connectivity index is 2.59. The molecular formula is C10H11N3O4S. The lowest BCUT2D eigenvalue weighted by Gasteiger charge is -2.07. The summed E-state index contributed by atoms with van der Waals surface area (Å²) in [4.78, 5) is 10.7. The number of nitriles is 1. The lowest BCUT2D eigenvalue weighted by molar-refractivity contribution is 0.177. The van der Waals surface area contributed by atoms with Crippen molar-refractivity contribution in [2.24, 2.45) is 0 Å². The minimum Gasteiger partial charge on any atom is -0.452 e. The molecule has 0 aliphatic carbocycles. The van der Waals surface area contributed by atoms with Crippen LogP contribution in [0, 0.1) is 11.3 Å². The highest BCUT2D eigenvalue weighted by atomic mass is 32.2. The van der Waals surface area contributed by atoms with E-state index in [1.165, 1.54) is 0 Å². The molecule has 0 saturated carbocycles. The molecule has 0 spiro atoms. The number of hydrogen-bond acceptors (Lipinski definition) is 5. The first-order valence-corrected chi connectivity index (χ1v) is 6.29. The average molecular weight is 269 g/mol. The molecule has 0 atom stereocenters. The molecule has 0 unspecified atom stereocenters. The Labute approximate surface area is 105 Å². The Bertz CT molecular complexity index is 560. The third-order valence-corrected chi connectivity index (χ3v) is 2.91. The van der Waals surface area contributed by atoms with Gasteiger partial charge in [-0.3, -0.25) is 0 Å². The summed E-state index contributed by atoms with van der Waals surface area (Å²) in [6.45, 7) is -0.00195. The van der Waals surface area contributed by atoms with Crippen molar-refractivity contribution < 1.29 is 17.9 Å². The predicted molar refractivity (Wildman–Crippen MR) is 62.5 cm³/mol. The van der Waals surface area contributed by atoms with Gasteiger partial charge in [-0.05, 0) is 17.7 Å². The first-order chi connectivity index (χ1) is 8.46. The summed E-state index contributed by atoms with van der Waals surface area (Å²) < 4.78 is 30.6. The number of hydrogen-bond donors (Lipinski definition) is 2. The van der Waals surface area contributed by atoms with E-state index in [0.717, 1.165) is 7.11 Å². The Kier molecular flexibility index (Phi) is 4.65. The number of rotatable bonds is 4. The van der Waals surface area contributed by atoms with Crippen LogP contribution in [-0.4, -0.2) is 21.6 Å². The van der Waals surface area contributed by atoms with Gasteiger partial charge in [-0.25, -0.2) is 9.52 Å². The van der Waals surface area contributed by atoms with Crippen molar-refractivity contribution in [1.29, 1.82) is 5.26 Å². The van der Waals surface area contributed by atoms with Crippen LogP contribution < -0.4 is 9.44 Å². The van der Waals surface area contributed by atoms with Crippen molar-refractivity contribution in [2.45, 2.75) is 6.54 Å². The van der Waals surface area contributed by atoms with Gasteiger partial charge in [0, 0.05) is 6.54 Å². The highest BCUT2D eigenvalue weighted by molar-refractivity contribution is 7.88. The lowest BCUT2D eigenvalue weighted by atomic mass is 10.1. The molecule has 0 heterocycles. The number of amides is 1. The molecule has 2 N–H and O–H groups in total. The van der Waals surface area contributed by atoms with Gasteiger partial charge in [0.1, 0.15) is 0 Å². The molecule has 1 amide bonds. The monoisotopic (exact) mass is 269 g/mol. The average Bonchev–Trinajstić information content (AvgIpc) is 2.36. The molecule has 1 aromatic carbocycles. The van der Waals surface area contributed by atoms with Crippen LogP contribution in [0.1, 0.15) is 11.1 Å². The lowest BCUT2D eigenvalue weighted by Crippen LogP contribution is -2.39. The topological polar surface area (TPSA) is 108 Å². The maximum atomic E-state index is 11.3. The second kappa shape index (κ2) is 6.00. The van der Waals surface area contributed by atoms with Crippen molar-refractivity contribution in [1.82, 2.24) is 9.44 Å². The number of nitrogens with zero attached hydrogens (tertiary/aromatic N) is 1. The first kappa shape index (κ1) is 14.0. The summed E-state index contributed by atoms with van der Waals surface area (Å²) in [6, 6.07) is 8.30. The van der Waals surface area contributed by atoms with E-state index in [4.69, 9.17) is 5.26 Å². The maximum absolute atomic E-state index is 11.3. The largest absolute Gasteiger partial charge is 0.452 e. The molecule has 0 bridgehead atoms. The SMILES string of the molecule is COC(=O)NS(=O)(=O)NCc1ccc(C#N)cc1.